The van der Waals surface area contributed by atoms with Crippen molar-refractivity contribution in [3.63, 3.8) is 0 Å². The van der Waals surface area contributed by atoms with Crippen LogP contribution in [0.2, 0.25) is 0 Å². The molecule has 1 aromatic rings. The third kappa shape index (κ3) is 3.64. The zero-order chi connectivity index (χ0) is 14.7. The predicted octanol–water partition coefficient (Wildman–Crippen LogP) is 3.91. The van der Waals surface area contributed by atoms with Crippen LogP contribution in [0, 0.1) is 11.2 Å². The fourth-order valence-electron chi connectivity index (χ4n) is 4.03. The quantitative estimate of drug-likeness (QED) is 0.909. The number of halogens is 1. The lowest BCUT2D eigenvalue weighted by Crippen LogP contribution is -2.39. The summed E-state index contributed by atoms with van der Waals surface area (Å²) in [6.45, 7) is 3.29. The van der Waals surface area contributed by atoms with Crippen molar-refractivity contribution in [1.29, 1.82) is 0 Å². The molecule has 1 saturated carbocycles. The third-order valence-electron chi connectivity index (χ3n) is 5.55. The maximum Gasteiger partial charge on any atom is 0.123 e. The Balaban J connectivity index is 1.44. The van der Waals surface area contributed by atoms with Gasteiger partial charge in [0.05, 0.1) is 6.10 Å². The molecule has 1 atom stereocenters. The number of benzene rings is 1. The third-order valence-corrected chi connectivity index (χ3v) is 5.55. The van der Waals surface area contributed by atoms with Crippen molar-refractivity contribution in [2.75, 3.05) is 19.6 Å². The minimum absolute atomic E-state index is 0.246. The van der Waals surface area contributed by atoms with Gasteiger partial charge < -0.3 is 10.0 Å². The summed E-state index contributed by atoms with van der Waals surface area (Å²) in [4.78, 5) is 2.48. The average Bonchev–Trinajstić information content (AvgIpc) is 2.95. The van der Waals surface area contributed by atoms with Gasteiger partial charge in [0.15, 0.2) is 0 Å². The van der Waals surface area contributed by atoms with Crippen molar-refractivity contribution in [3.05, 3.63) is 35.6 Å². The Labute approximate surface area is 127 Å². The van der Waals surface area contributed by atoms with E-state index in [0.717, 1.165) is 18.5 Å². The van der Waals surface area contributed by atoms with Gasteiger partial charge in [0.25, 0.3) is 0 Å². The van der Waals surface area contributed by atoms with Gasteiger partial charge in [0.2, 0.25) is 0 Å². The molecular weight excluding hydrogens is 265 g/mol. The number of likely N-dealkylation sites (tertiary alicyclic amines) is 1. The molecule has 2 aliphatic rings. The van der Waals surface area contributed by atoms with Gasteiger partial charge in [-0.25, -0.2) is 4.39 Å². The second kappa shape index (κ2) is 6.45. The lowest BCUT2D eigenvalue weighted by Gasteiger charge is -2.39. The molecular formula is C18H26FNO. The van der Waals surface area contributed by atoms with E-state index in [0.29, 0.717) is 5.41 Å². The number of hydrogen-bond donors (Lipinski definition) is 1. The minimum Gasteiger partial charge on any atom is -0.388 e. The van der Waals surface area contributed by atoms with Crippen LogP contribution in [-0.2, 0) is 0 Å². The summed E-state index contributed by atoms with van der Waals surface area (Å²) in [5.41, 5.74) is 1.48. The maximum absolute atomic E-state index is 12.9. The summed E-state index contributed by atoms with van der Waals surface area (Å²) in [7, 11) is 0. The standard InChI is InChI=1S/C18H26FNO/c19-16-5-3-15(4-6-16)17(21)7-12-20-13-10-18(11-14-20)8-1-2-9-18/h3-6,17,21H,1-2,7-14H2. The molecule has 3 rings (SSSR count). The van der Waals surface area contributed by atoms with Gasteiger partial charge in [-0.2, -0.15) is 0 Å². The summed E-state index contributed by atoms with van der Waals surface area (Å²) in [5, 5.41) is 10.2. The molecule has 1 N–H and O–H groups in total. The van der Waals surface area contributed by atoms with Crippen LogP contribution in [0.25, 0.3) is 0 Å². The van der Waals surface area contributed by atoms with Crippen LogP contribution >= 0.6 is 0 Å². The fraction of sp³-hybridized carbons (Fsp3) is 0.667. The largest absolute Gasteiger partial charge is 0.388 e. The lowest BCUT2D eigenvalue weighted by atomic mass is 9.77. The van der Waals surface area contributed by atoms with Crippen LogP contribution in [0.5, 0.6) is 0 Å². The van der Waals surface area contributed by atoms with Crippen molar-refractivity contribution in [3.8, 4) is 0 Å². The minimum atomic E-state index is -0.479. The Bertz CT molecular complexity index is 443. The number of nitrogens with zero attached hydrogens (tertiary/aromatic N) is 1. The molecule has 1 aliphatic carbocycles. The molecule has 21 heavy (non-hydrogen) atoms. The van der Waals surface area contributed by atoms with E-state index in [1.165, 1.54) is 63.7 Å². The molecule has 1 aliphatic heterocycles. The highest BCUT2D eigenvalue weighted by molar-refractivity contribution is 5.18. The summed E-state index contributed by atoms with van der Waals surface area (Å²) in [6, 6.07) is 6.21. The highest BCUT2D eigenvalue weighted by Gasteiger charge is 2.36. The summed E-state index contributed by atoms with van der Waals surface area (Å²) in [5.74, 6) is -0.246. The van der Waals surface area contributed by atoms with Gasteiger partial charge in [-0.05, 0) is 68.3 Å². The zero-order valence-corrected chi connectivity index (χ0v) is 12.7. The summed E-state index contributed by atoms with van der Waals surface area (Å²) >= 11 is 0. The van der Waals surface area contributed by atoms with Gasteiger partial charge >= 0.3 is 0 Å². The normalized spacial score (nSPS) is 23.5. The van der Waals surface area contributed by atoms with Gasteiger partial charge in [-0.15, -0.1) is 0 Å². The second-order valence-electron chi connectivity index (χ2n) is 6.90. The monoisotopic (exact) mass is 291 g/mol. The lowest BCUT2D eigenvalue weighted by molar-refractivity contribution is 0.0870. The van der Waals surface area contributed by atoms with Crippen molar-refractivity contribution in [2.24, 2.45) is 5.41 Å². The van der Waals surface area contributed by atoms with Crippen molar-refractivity contribution >= 4 is 0 Å². The van der Waals surface area contributed by atoms with Gasteiger partial charge in [0, 0.05) is 6.54 Å². The van der Waals surface area contributed by atoms with E-state index in [1.807, 2.05) is 0 Å². The first-order chi connectivity index (χ1) is 10.2. The van der Waals surface area contributed by atoms with E-state index in [1.54, 1.807) is 12.1 Å². The number of hydrogen-bond acceptors (Lipinski definition) is 2. The number of aliphatic hydroxyl groups is 1. The Kier molecular flexibility index (Phi) is 4.60. The molecule has 2 fully saturated rings. The number of piperidine rings is 1. The Morgan fingerprint density at radius 1 is 1.05 bits per heavy atom. The van der Waals surface area contributed by atoms with E-state index in [-0.39, 0.29) is 5.82 Å². The Hall–Kier alpha value is -0.930. The second-order valence-corrected chi connectivity index (χ2v) is 6.90. The van der Waals surface area contributed by atoms with E-state index in [9.17, 15) is 9.50 Å². The van der Waals surface area contributed by atoms with Crippen LogP contribution in [0.1, 0.15) is 56.6 Å². The Morgan fingerprint density at radius 3 is 2.29 bits per heavy atom. The number of aliphatic hydroxyl groups excluding tert-OH is 1. The molecule has 2 nitrogen and oxygen atoms in total. The van der Waals surface area contributed by atoms with E-state index in [4.69, 9.17) is 0 Å². The molecule has 3 heteroatoms. The molecule has 0 bridgehead atoms. The molecule has 1 heterocycles. The smallest absolute Gasteiger partial charge is 0.123 e. The van der Waals surface area contributed by atoms with Crippen LogP contribution in [0.4, 0.5) is 4.39 Å². The molecule has 1 aromatic carbocycles. The van der Waals surface area contributed by atoms with Gasteiger partial charge in [0.1, 0.15) is 5.82 Å². The SMILES string of the molecule is OC(CCN1CCC2(CCCC2)CC1)c1ccc(F)cc1. The molecule has 0 aromatic heterocycles. The topological polar surface area (TPSA) is 23.5 Å². The molecule has 0 amide bonds. The van der Waals surface area contributed by atoms with Crippen molar-refractivity contribution < 1.29 is 9.50 Å². The van der Waals surface area contributed by atoms with E-state index >= 15 is 0 Å². The first kappa shape index (κ1) is 15.0. The molecule has 116 valence electrons. The predicted molar refractivity (Wildman–Crippen MR) is 82.6 cm³/mol. The molecule has 0 radical (unpaired) electrons. The van der Waals surface area contributed by atoms with E-state index < -0.39 is 6.10 Å². The molecule has 1 unspecified atom stereocenters. The fourth-order valence-corrected chi connectivity index (χ4v) is 4.03. The summed E-state index contributed by atoms with van der Waals surface area (Å²) < 4.78 is 12.9. The van der Waals surface area contributed by atoms with Crippen molar-refractivity contribution in [2.45, 2.75) is 51.0 Å². The average molecular weight is 291 g/mol. The first-order valence-corrected chi connectivity index (χ1v) is 8.33. The Morgan fingerprint density at radius 2 is 1.67 bits per heavy atom. The highest BCUT2D eigenvalue weighted by atomic mass is 19.1. The van der Waals surface area contributed by atoms with Gasteiger partial charge in [-0.3, -0.25) is 0 Å². The maximum atomic E-state index is 12.9. The van der Waals surface area contributed by atoms with Gasteiger partial charge in [-0.1, -0.05) is 25.0 Å². The van der Waals surface area contributed by atoms with Crippen LogP contribution in [-0.4, -0.2) is 29.6 Å². The van der Waals surface area contributed by atoms with Crippen molar-refractivity contribution in [1.82, 2.24) is 4.90 Å². The summed E-state index contributed by atoms with van der Waals surface area (Å²) in [6.07, 6.45) is 8.62. The molecule has 1 saturated heterocycles. The number of rotatable bonds is 4. The van der Waals surface area contributed by atoms with Crippen LogP contribution < -0.4 is 0 Å². The van der Waals surface area contributed by atoms with Crippen LogP contribution in [0.15, 0.2) is 24.3 Å². The highest BCUT2D eigenvalue weighted by Crippen LogP contribution is 2.46. The first-order valence-electron chi connectivity index (χ1n) is 8.33. The zero-order valence-electron chi connectivity index (χ0n) is 12.7. The molecule has 1 spiro atoms. The van der Waals surface area contributed by atoms with Crippen LogP contribution in [0.3, 0.4) is 0 Å². The van der Waals surface area contributed by atoms with E-state index in [2.05, 4.69) is 4.90 Å².